The van der Waals surface area contributed by atoms with Crippen molar-refractivity contribution in [1.82, 2.24) is 5.32 Å². The van der Waals surface area contributed by atoms with Gasteiger partial charge in [0.15, 0.2) is 0 Å². The molecule has 0 aliphatic carbocycles. The van der Waals surface area contributed by atoms with Crippen molar-refractivity contribution < 1.29 is 8.78 Å². The minimum absolute atomic E-state index is 0.109. The van der Waals surface area contributed by atoms with Gasteiger partial charge in [-0.3, -0.25) is 0 Å². The maximum atomic E-state index is 13.6. The van der Waals surface area contributed by atoms with Gasteiger partial charge in [0.05, 0.1) is 0 Å². The van der Waals surface area contributed by atoms with E-state index in [0.717, 1.165) is 5.75 Å². The van der Waals surface area contributed by atoms with Crippen LogP contribution in [-0.4, -0.2) is 12.3 Å². The molecule has 0 aromatic heterocycles. The molecular weight excluding hydrogens is 276 g/mol. The second-order valence-electron chi connectivity index (χ2n) is 4.47. The monoisotopic (exact) mass is 293 g/mol. The standard InChI is InChI=1S/C16H17F2NS/c1-12(16-14(17)8-5-9-15(16)18)19-10-11-20-13-6-3-2-4-7-13/h2-9,12,19H,10-11H2,1H3. The third kappa shape index (κ3) is 4.05. The van der Waals surface area contributed by atoms with Gasteiger partial charge in [-0.15, -0.1) is 11.8 Å². The molecule has 0 bridgehead atoms. The Balaban J connectivity index is 1.82. The van der Waals surface area contributed by atoms with E-state index in [-0.39, 0.29) is 11.6 Å². The van der Waals surface area contributed by atoms with Crippen molar-refractivity contribution in [3.63, 3.8) is 0 Å². The van der Waals surface area contributed by atoms with Crippen molar-refractivity contribution in [3.8, 4) is 0 Å². The van der Waals surface area contributed by atoms with Crippen LogP contribution in [0.15, 0.2) is 53.4 Å². The van der Waals surface area contributed by atoms with Crippen LogP contribution in [0.5, 0.6) is 0 Å². The Morgan fingerprint density at radius 1 is 1.00 bits per heavy atom. The van der Waals surface area contributed by atoms with Gasteiger partial charge in [0.1, 0.15) is 11.6 Å². The highest BCUT2D eigenvalue weighted by atomic mass is 32.2. The van der Waals surface area contributed by atoms with Crippen LogP contribution >= 0.6 is 11.8 Å². The van der Waals surface area contributed by atoms with Crippen molar-refractivity contribution in [3.05, 3.63) is 65.7 Å². The first-order chi connectivity index (χ1) is 9.68. The van der Waals surface area contributed by atoms with E-state index in [9.17, 15) is 8.78 Å². The van der Waals surface area contributed by atoms with Gasteiger partial charge in [0, 0.05) is 28.8 Å². The van der Waals surface area contributed by atoms with Crippen molar-refractivity contribution in [1.29, 1.82) is 0 Å². The maximum absolute atomic E-state index is 13.6. The molecule has 0 aliphatic rings. The lowest BCUT2D eigenvalue weighted by Gasteiger charge is -2.15. The summed E-state index contributed by atoms with van der Waals surface area (Å²) in [6.45, 7) is 2.46. The van der Waals surface area contributed by atoms with Crippen LogP contribution in [0.1, 0.15) is 18.5 Å². The molecule has 0 spiro atoms. The molecule has 2 aromatic carbocycles. The molecule has 2 rings (SSSR count). The molecule has 0 amide bonds. The average molecular weight is 293 g/mol. The molecule has 0 heterocycles. The zero-order chi connectivity index (χ0) is 14.4. The summed E-state index contributed by atoms with van der Waals surface area (Å²) in [5.74, 6) is -0.147. The number of halogens is 2. The van der Waals surface area contributed by atoms with Gasteiger partial charge in [0.2, 0.25) is 0 Å². The average Bonchev–Trinajstić information content (AvgIpc) is 2.44. The van der Waals surface area contributed by atoms with E-state index in [1.807, 2.05) is 30.3 Å². The lowest BCUT2D eigenvalue weighted by Crippen LogP contribution is -2.23. The lowest BCUT2D eigenvalue weighted by atomic mass is 10.1. The van der Waals surface area contributed by atoms with Gasteiger partial charge in [-0.25, -0.2) is 8.78 Å². The minimum Gasteiger partial charge on any atom is -0.309 e. The van der Waals surface area contributed by atoms with E-state index in [0.29, 0.717) is 6.54 Å². The van der Waals surface area contributed by atoms with Crippen LogP contribution in [0.25, 0.3) is 0 Å². The van der Waals surface area contributed by atoms with Gasteiger partial charge in [-0.2, -0.15) is 0 Å². The number of rotatable bonds is 6. The summed E-state index contributed by atoms with van der Waals surface area (Å²) in [7, 11) is 0. The highest BCUT2D eigenvalue weighted by Crippen LogP contribution is 2.21. The molecule has 0 radical (unpaired) electrons. The lowest BCUT2D eigenvalue weighted by molar-refractivity contribution is 0.497. The summed E-state index contributed by atoms with van der Waals surface area (Å²) < 4.78 is 27.2. The molecule has 0 saturated carbocycles. The predicted molar refractivity (Wildman–Crippen MR) is 79.9 cm³/mol. The van der Waals surface area contributed by atoms with Gasteiger partial charge in [-0.1, -0.05) is 24.3 Å². The number of nitrogens with one attached hydrogen (secondary N) is 1. The summed E-state index contributed by atoms with van der Waals surface area (Å²) in [5, 5.41) is 3.15. The molecule has 0 saturated heterocycles. The molecule has 1 atom stereocenters. The Morgan fingerprint density at radius 2 is 1.65 bits per heavy atom. The number of benzene rings is 2. The van der Waals surface area contributed by atoms with Crippen molar-refractivity contribution in [2.24, 2.45) is 0 Å². The molecule has 4 heteroatoms. The Morgan fingerprint density at radius 3 is 2.30 bits per heavy atom. The highest BCUT2D eigenvalue weighted by molar-refractivity contribution is 7.99. The van der Waals surface area contributed by atoms with Crippen molar-refractivity contribution >= 4 is 11.8 Å². The Kier molecular flexibility index (Phi) is 5.56. The van der Waals surface area contributed by atoms with E-state index >= 15 is 0 Å². The molecule has 20 heavy (non-hydrogen) atoms. The Hall–Kier alpha value is -1.39. The van der Waals surface area contributed by atoms with Crippen LogP contribution < -0.4 is 5.32 Å². The first-order valence-electron chi connectivity index (χ1n) is 6.53. The zero-order valence-corrected chi connectivity index (χ0v) is 12.1. The fourth-order valence-electron chi connectivity index (χ4n) is 1.99. The second kappa shape index (κ2) is 7.41. The normalized spacial score (nSPS) is 12.3. The van der Waals surface area contributed by atoms with Crippen LogP contribution in [0.4, 0.5) is 8.78 Å². The van der Waals surface area contributed by atoms with Crippen LogP contribution in [-0.2, 0) is 0 Å². The highest BCUT2D eigenvalue weighted by Gasteiger charge is 2.14. The SMILES string of the molecule is CC(NCCSc1ccccc1)c1c(F)cccc1F. The summed E-state index contributed by atoms with van der Waals surface area (Å²) in [6.07, 6.45) is 0. The smallest absolute Gasteiger partial charge is 0.130 e. The minimum atomic E-state index is -0.499. The van der Waals surface area contributed by atoms with E-state index in [2.05, 4.69) is 5.32 Å². The van der Waals surface area contributed by atoms with Crippen LogP contribution in [0.2, 0.25) is 0 Å². The summed E-state index contributed by atoms with van der Waals surface area (Å²) in [5.41, 5.74) is 0.109. The quantitative estimate of drug-likeness (QED) is 0.625. The molecule has 2 aromatic rings. The Bertz CT molecular complexity index is 525. The van der Waals surface area contributed by atoms with E-state index in [1.54, 1.807) is 18.7 Å². The number of hydrogen-bond acceptors (Lipinski definition) is 2. The van der Waals surface area contributed by atoms with E-state index in [1.165, 1.54) is 23.1 Å². The fourth-order valence-corrected chi connectivity index (χ4v) is 2.79. The number of hydrogen-bond donors (Lipinski definition) is 1. The molecule has 0 aliphatic heterocycles. The van der Waals surface area contributed by atoms with Crippen molar-refractivity contribution in [2.75, 3.05) is 12.3 Å². The first kappa shape index (κ1) is 15.0. The third-order valence-corrected chi connectivity index (χ3v) is 4.01. The summed E-state index contributed by atoms with van der Waals surface area (Å²) in [6, 6.07) is 13.7. The fraction of sp³-hybridized carbons (Fsp3) is 0.250. The molecule has 0 fully saturated rings. The van der Waals surface area contributed by atoms with Crippen molar-refractivity contribution in [2.45, 2.75) is 17.9 Å². The number of thioether (sulfide) groups is 1. The summed E-state index contributed by atoms with van der Waals surface area (Å²) >= 11 is 1.72. The molecule has 106 valence electrons. The van der Waals surface area contributed by atoms with Gasteiger partial charge in [0.25, 0.3) is 0 Å². The molecule has 1 unspecified atom stereocenters. The largest absolute Gasteiger partial charge is 0.309 e. The topological polar surface area (TPSA) is 12.0 Å². The molecular formula is C16H17F2NS. The van der Waals surface area contributed by atoms with Gasteiger partial charge < -0.3 is 5.32 Å². The molecule has 1 N–H and O–H groups in total. The van der Waals surface area contributed by atoms with Crippen LogP contribution in [0.3, 0.4) is 0 Å². The van der Waals surface area contributed by atoms with Gasteiger partial charge in [-0.05, 0) is 31.2 Å². The van der Waals surface area contributed by atoms with E-state index in [4.69, 9.17) is 0 Å². The molecule has 1 nitrogen and oxygen atoms in total. The zero-order valence-electron chi connectivity index (χ0n) is 11.3. The third-order valence-electron chi connectivity index (χ3n) is 3.00. The maximum Gasteiger partial charge on any atom is 0.130 e. The predicted octanol–water partition coefficient (Wildman–Crippen LogP) is 4.41. The van der Waals surface area contributed by atoms with E-state index < -0.39 is 11.6 Å². The second-order valence-corrected chi connectivity index (χ2v) is 5.64. The Labute approximate surface area is 122 Å². The first-order valence-corrected chi connectivity index (χ1v) is 7.52. The van der Waals surface area contributed by atoms with Gasteiger partial charge >= 0.3 is 0 Å². The summed E-state index contributed by atoms with van der Waals surface area (Å²) in [4.78, 5) is 1.19. The van der Waals surface area contributed by atoms with Crippen LogP contribution in [0, 0.1) is 11.6 Å².